The zero-order valence-corrected chi connectivity index (χ0v) is 19.7. The van der Waals surface area contributed by atoms with Gasteiger partial charge in [0, 0.05) is 25.1 Å². The summed E-state index contributed by atoms with van der Waals surface area (Å²) in [5, 5.41) is 5.82. The molecule has 1 aromatic heterocycles. The van der Waals surface area contributed by atoms with Gasteiger partial charge in [-0.1, -0.05) is 48.5 Å². The first-order valence-electron chi connectivity index (χ1n) is 12.1. The second-order valence-corrected chi connectivity index (χ2v) is 8.82. The molecule has 2 N–H and O–H groups in total. The molecule has 7 nitrogen and oxygen atoms in total. The Kier molecular flexibility index (Phi) is 8.33. The third kappa shape index (κ3) is 6.82. The Labute approximate surface area is 205 Å². The maximum Gasteiger partial charge on any atom is 0.251 e. The number of nitrogens with one attached hydrogen (secondary N) is 2. The molecule has 1 aliphatic rings. The summed E-state index contributed by atoms with van der Waals surface area (Å²) in [6.45, 7) is 1.39. The highest BCUT2D eigenvalue weighted by molar-refractivity contribution is 5.97. The first kappa shape index (κ1) is 24.3. The minimum Gasteiger partial charge on any atom is -0.467 e. The number of rotatable bonds is 9. The number of likely N-dealkylation sites (tertiary alicyclic amines) is 1. The van der Waals surface area contributed by atoms with Gasteiger partial charge in [0.15, 0.2) is 0 Å². The summed E-state index contributed by atoms with van der Waals surface area (Å²) in [5.74, 6) is 0.159. The first-order chi connectivity index (χ1) is 17.1. The van der Waals surface area contributed by atoms with Crippen molar-refractivity contribution < 1.29 is 18.8 Å². The number of piperidine rings is 1. The quantitative estimate of drug-likeness (QED) is 0.497. The highest BCUT2D eigenvalue weighted by Gasteiger charge is 2.34. The largest absolute Gasteiger partial charge is 0.467 e. The van der Waals surface area contributed by atoms with Gasteiger partial charge in [0.2, 0.25) is 11.8 Å². The molecule has 7 heteroatoms. The van der Waals surface area contributed by atoms with Crippen molar-refractivity contribution in [3.63, 3.8) is 0 Å². The second kappa shape index (κ2) is 12.0. The van der Waals surface area contributed by atoms with Gasteiger partial charge in [0.1, 0.15) is 11.8 Å². The molecule has 2 heterocycles. The summed E-state index contributed by atoms with van der Waals surface area (Å²) in [7, 11) is 0. The van der Waals surface area contributed by atoms with Crippen LogP contribution >= 0.6 is 0 Å². The maximum absolute atomic E-state index is 13.1. The molecule has 1 fully saturated rings. The summed E-state index contributed by atoms with van der Waals surface area (Å²) in [6, 6.07) is 21.7. The van der Waals surface area contributed by atoms with Crippen LogP contribution in [0.1, 0.15) is 40.9 Å². The van der Waals surface area contributed by atoms with Crippen molar-refractivity contribution in [2.24, 2.45) is 5.92 Å². The fourth-order valence-electron chi connectivity index (χ4n) is 4.45. The van der Waals surface area contributed by atoms with Crippen LogP contribution in [0, 0.1) is 5.92 Å². The van der Waals surface area contributed by atoms with Gasteiger partial charge < -0.3 is 20.0 Å². The fraction of sp³-hybridized carbons (Fsp3) is 0.321. The number of carbonyl (C=O) groups excluding carboxylic acids is 3. The molecule has 3 aromatic rings. The smallest absolute Gasteiger partial charge is 0.251 e. The number of furan rings is 1. The van der Waals surface area contributed by atoms with Crippen LogP contribution in [0.25, 0.3) is 0 Å². The molecule has 0 aliphatic carbocycles. The van der Waals surface area contributed by atoms with Crippen molar-refractivity contribution in [1.82, 2.24) is 15.5 Å². The van der Waals surface area contributed by atoms with Gasteiger partial charge in [-0.15, -0.1) is 0 Å². The van der Waals surface area contributed by atoms with E-state index in [2.05, 4.69) is 10.6 Å². The lowest BCUT2D eigenvalue weighted by molar-refractivity contribution is -0.133. The number of benzene rings is 2. The van der Waals surface area contributed by atoms with E-state index in [1.807, 2.05) is 41.3 Å². The second-order valence-electron chi connectivity index (χ2n) is 8.82. The van der Waals surface area contributed by atoms with Gasteiger partial charge in [-0.3, -0.25) is 14.4 Å². The number of hydrogen-bond acceptors (Lipinski definition) is 4. The van der Waals surface area contributed by atoms with Crippen LogP contribution in [-0.2, 0) is 22.6 Å². The van der Waals surface area contributed by atoms with E-state index in [1.54, 1.807) is 42.7 Å². The Bertz CT molecular complexity index is 1090. The predicted octanol–water partition coefficient (Wildman–Crippen LogP) is 3.57. The van der Waals surface area contributed by atoms with Crippen LogP contribution < -0.4 is 10.6 Å². The van der Waals surface area contributed by atoms with Crippen LogP contribution in [0.2, 0.25) is 0 Å². The molecule has 0 saturated carbocycles. The Morgan fingerprint density at radius 2 is 1.60 bits per heavy atom. The molecular formula is C28H31N3O4. The zero-order chi connectivity index (χ0) is 24.5. The molecular weight excluding hydrogens is 442 g/mol. The van der Waals surface area contributed by atoms with Crippen molar-refractivity contribution in [2.75, 3.05) is 13.1 Å². The lowest BCUT2D eigenvalue weighted by atomic mass is 9.88. The molecule has 1 saturated heterocycles. The molecule has 1 atom stereocenters. The molecule has 182 valence electrons. The molecule has 0 radical (unpaired) electrons. The highest BCUT2D eigenvalue weighted by atomic mass is 16.3. The molecule has 35 heavy (non-hydrogen) atoms. The van der Waals surface area contributed by atoms with Gasteiger partial charge in [-0.05, 0) is 55.0 Å². The summed E-state index contributed by atoms with van der Waals surface area (Å²) < 4.78 is 5.31. The fourth-order valence-corrected chi connectivity index (χ4v) is 4.45. The molecule has 0 unspecified atom stereocenters. The summed E-state index contributed by atoms with van der Waals surface area (Å²) in [6.07, 6.45) is 4.02. The standard InChI is InChI=1S/C28H31N3O4/c32-25(14-13-21-8-3-1-4-9-21)31-17-15-22(16-18-31)26(28(34)29-20-24-12-7-19-35-24)30-27(33)23-10-5-2-6-11-23/h1-12,19,22,26H,13-18,20H2,(H,29,34)(H,30,33)/t26-/m1/s1. The first-order valence-corrected chi connectivity index (χ1v) is 12.1. The SMILES string of the molecule is O=C(N[C@@H](C(=O)NCc1ccco1)C1CCN(C(=O)CCc2ccccc2)CC1)c1ccccc1. The zero-order valence-electron chi connectivity index (χ0n) is 19.7. The van der Waals surface area contributed by atoms with Gasteiger partial charge >= 0.3 is 0 Å². The number of carbonyl (C=O) groups is 3. The normalized spacial score (nSPS) is 14.8. The van der Waals surface area contributed by atoms with E-state index < -0.39 is 6.04 Å². The Balaban J connectivity index is 1.35. The van der Waals surface area contributed by atoms with E-state index in [-0.39, 0.29) is 30.2 Å². The van der Waals surface area contributed by atoms with Gasteiger partial charge in [0.25, 0.3) is 5.91 Å². The average molecular weight is 474 g/mol. The highest BCUT2D eigenvalue weighted by Crippen LogP contribution is 2.23. The number of amides is 3. The summed E-state index contributed by atoms with van der Waals surface area (Å²) >= 11 is 0. The monoisotopic (exact) mass is 473 g/mol. The van der Waals surface area contributed by atoms with E-state index in [0.29, 0.717) is 50.1 Å². The summed E-state index contributed by atoms with van der Waals surface area (Å²) in [5.41, 5.74) is 1.65. The van der Waals surface area contributed by atoms with Crippen molar-refractivity contribution in [3.05, 3.63) is 95.9 Å². The third-order valence-corrected chi connectivity index (χ3v) is 6.46. The van der Waals surface area contributed by atoms with Crippen LogP contribution in [0.3, 0.4) is 0 Å². The van der Waals surface area contributed by atoms with Crippen LogP contribution in [0.15, 0.2) is 83.5 Å². The Hall–Kier alpha value is -3.87. The van der Waals surface area contributed by atoms with Crippen LogP contribution in [0.4, 0.5) is 0 Å². The van der Waals surface area contributed by atoms with Crippen molar-refractivity contribution in [1.29, 1.82) is 0 Å². The van der Waals surface area contributed by atoms with Crippen molar-refractivity contribution >= 4 is 17.7 Å². The minimum atomic E-state index is -0.695. The van der Waals surface area contributed by atoms with E-state index in [9.17, 15) is 14.4 Å². The van der Waals surface area contributed by atoms with Gasteiger partial charge in [0.05, 0.1) is 12.8 Å². The van der Waals surface area contributed by atoms with Crippen LogP contribution in [-0.4, -0.2) is 41.8 Å². The Morgan fingerprint density at radius 3 is 2.26 bits per heavy atom. The molecule has 0 bridgehead atoms. The number of nitrogens with zero attached hydrogens (tertiary/aromatic N) is 1. The van der Waals surface area contributed by atoms with Crippen molar-refractivity contribution in [3.8, 4) is 0 Å². The maximum atomic E-state index is 13.1. The van der Waals surface area contributed by atoms with Gasteiger partial charge in [-0.25, -0.2) is 0 Å². The Morgan fingerprint density at radius 1 is 0.914 bits per heavy atom. The number of hydrogen-bond donors (Lipinski definition) is 2. The summed E-state index contributed by atoms with van der Waals surface area (Å²) in [4.78, 5) is 40.6. The molecule has 0 spiro atoms. The number of aryl methyl sites for hydroxylation is 1. The van der Waals surface area contributed by atoms with Gasteiger partial charge in [-0.2, -0.15) is 0 Å². The lowest BCUT2D eigenvalue weighted by Crippen LogP contribution is -2.53. The van der Waals surface area contributed by atoms with E-state index in [1.165, 1.54) is 0 Å². The molecule has 3 amide bonds. The molecule has 1 aliphatic heterocycles. The predicted molar refractivity (Wildman–Crippen MR) is 132 cm³/mol. The van der Waals surface area contributed by atoms with E-state index >= 15 is 0 Å². The lowest BCUT2D eigenvalue weighted by Gasteiger charge is -2.36. The van der Waals surface area contributed by atoms with Crippen molar-refractivity contribution in [2.45, 2.75) is 38.3 Å². The minimum absolute atomic E-state index is 0.0718. The third-order valence-electron chi connectivity index (χ3n) is 6.46. The van der Waals surface area contributed by atoms with E-state index in [0.717, 1.165) is 5.56 Å². The van der Waals surface area contributed by atoms with Crippen LogP contribution in [0.5, 0.6) is 0 Å². The van der Waals surface area contributed by atoms with E-state index in [4.69, 9.17) is 4.42 Å². The molecule has 4 rings (SSSR count). The average Bonchev–Trinajstić information content (AvgIpc) is 3.44. The molecule has 2 aromatic carbocycles. The topological polar surface area (TPSA) is 91.7 Å².